The van der Waals surface area contributed by atoms with E-state index in [9.17, 15) is 15.8 Å². The highest BCUT2D eigenvalue weighted by atomic mass is 15.0. The quantitative estimate of drug-likeness (QED) is 0.120. The Labute approximate surface area is 566 Å². The summed E-state index contributed by atoms with van der Waals surface area (Å²) in [6, 6.07) is 120. The number of nitrogens with zero attached hydrogens (tertiary/aromatic N) is 8. The molecule has 454 valence electrons. The van der Waals surface area contributed by atoms with Crippen LogP contribution < -0.4 is 0 Å². The molecule has 8 heteroatoms. The number of rotatable bonds is 12. The zero-order chi connectivity index (χ0) is 65.6. The van der Waals surface area contributed by atoms with Crippen LogP contribution in [0.4, 0.5) is 0 Å². The first kappa shape index (κ1) is 58.0. The van der Waals surface area contributed by atoms with Gasteiger partial charge >= 0.3 is 0 Å². The molecule has 0 aliphatic carbocycles. The zero-order valence-corrected chi connectivity index (χ0v) is 52.8. The molecule has 0 unspecified atom stereocenters. The summed E-state index contributed by atoms with van der Waals surface area (Å²) in [5, 5.41) is 36.0. The number of hydrogen-bond donors (Lipinski definition) is 0. The summed E-state index contributed by atoms with van der Waals surface area (Å²) in [4.78, 5) is 16.5. The molecule has 0 spiro atoms. The van der Waals surface area contributed by atoms with E-state index in [1.807, 2.05) is 121 Å². The molecular weight excluding hydrogens is 1190 g/mol. The molecule has 98 heavy (non-hydrogen) atoms. The average molecular weight is 1250 g/mol. The summed E-state index contributed by atoms with van der Waals surface area (Å²) in [5.74, 6) is 1.27. The van der Waals surface area contributed by atoms with Gasteiger partial charge in [0, 0.05) is 60.5 Å². The molecule has 17 aromatic rings. The van der Waals surface area contributed by atoms with Gasteiger partial charge in [-0.05, 0) is 147 Å². The van der Waals surface area contributed by atoms with Crippen LogP contribution in [-0.4, -0.2) is 24.1 Å². The second-order valence-electron chi connectivity index (χ2n) is 24.4. The summed E-state index contributed by atoms with van der Waals surface area (Å²) in [7, 11) is 0. The maximum absolute atomic E-state index is 10.8. The summed E-state index contributed by atoms with van der Waals surface area (Å²) in [5.41, 5.74) is 23.2. The highest BCUT2D eigenvalue weighted by Gasteiger charge is 2.25. The molecule has 3 heterocycles. The molecule has 0 amide bonds. The van der Waals surface area contributed by atoms with E-state index in [4.69, 9.17) is 15.0 Å². The van der Waals surface area contributed by atoms with Gasteiger partial charge < -0.3 is 9.13 Å². The predicted molar refractivity (Wildman–Crippen MR) is 397 cm³/mol. The van der Waals surface area contributed by atoms with Gasteiger partial charge in [-0.15, -0.1) is 0 Å². The van der Waals surface area contributed by atoms with E-state index in [-0.39, 0.29) is 0 Å². The molecule has 0 radical (unpaired) electrons. The van der Waals surface area contributed by atoms with Gasteiger partial charge in [-0.3, -0.25) is 0 Å². The van der Waals surface area contributed by atoms with E-state index >= 15 is 0 Å². The minimum absolute atomic E-state index is 0.418. The Morgan fingerprint density at radius 3 is 0.878 bits per heavy atom. The lowest BCUT2D eigenvalue weighted by Crippen LogP contribution is -2.04. The van der Waals surface area contributed by atoms with Crippen molar-refractivity contribution in [3.63, 3.8) is 0 Å². The van der Waals surface area contributed by atoms with Crippen LogP contribution in [-0.2, 0) is 0 Å². The molecule has 3 aromatic heterocycles. The van der Waals surface area contributed by atoms with E-state index in [2.05, 4.69) is 228 Å². The molecule has 17 rings (SSSR count). The normalized spacial score (nSPS) is 11.2. The fraction of sp³-hybridized carbons (Fsp3) is 0. The Morgan fingerprint density at radius 2 is 0.510 bits per heavy atom. The summed E-state index contributed by atoms with van der Waals surface area (Å²) in [6.45, 7) is 0. The lowest BCUT2D eigenvalue weighted by Gasteiger charge is -2.18. The first-order valence-corrected chi connectivity index (χ1v) is 32.5. The fourth-order valence-corrected chi connectivity index (χ4v) is 14.0. The van der Waals surface area contributed by atoms with Gasteiger partial charge in [-0.1, -0.05) is 237 Å². The van der Waals surface area contributed by atoms with Crippen LogP contribution in [0.2, 0.25) is 0 Å². The molecule has 0 saturated heterocycles. The van der Waals surface area contributed by atoms with Crippen LogP contribution in [0.3, 0.4) is 0 Å². The first-order valence-electron chi connectivity index (χ1n) is 32.5. The molecule has 8 nitrogen and oxygen atoms in total. The number of benzene rings is 14. The van der Waals surface area contributed by atoms with Crippen LogP contribution in [0, 0.1) is 34.0 Å². The Morgan fingerprint density at radius 1 is 0.214 bits per heavy atom. The van der Waals surface area contributed by atoms with E-state index in [0.717, 1.165) is 138 Å². The number of aromatic nitrogens is 5. The molecule has 0 bridgehead atoms. The number of hydrogen-bond acceptors (Lipinski definition) is 6. The molecule has 0 N–H and O–H groups in total. The number of nitriles is 3. The molecular formula is C90H54N8. The van der Waals surface area contributed by atoms with Gasteiger partial charge in [0.2, 0.25) is 0 Å². The van der Waals surface area contributed by atoms with Crippen LogP contribution in [0.5, 0.6) is 0 Å². The lowest BCUT2D eigenvalue weighted by atomic mass is 9.96. The average Bonchev–Trinajstić information content (AvgIpc) is 1.53. The van der Waals surface area contributed by atoms with Crippen molar-refractivity contribution in [2.75, 3.05) is 0 Å². The van der Waals surface area contributed by atoms with Gasteiger partial charge in [0.15, 0.2) is 17.5 Å². The second kappa shape index (κ2) is 24.6. The van der Waals surface area contributed by atoms with Gasteiger partial charge in [-0.2, -0.15) is 15.8 Å². The van der Waals surface area contributed by atoms with E-state index in [1.54, 1.807) is 6.07 Å². The van der Waals surface area contributed by atoms with Crippen molar-refractivity contribution < 1.29 is 0 Å². The van der Waals surface area contributed by atoms with E-state index < -0.39 is 0 Å². The minimum atomic E-state index is 0.418. The lowest BCUT2D eigenvalue weighted by molar-refractivity contribution is 1.07. The molecule has 0 aliphatic rings. The Bertz CT molecular complexity index is 5630. The highest BCUT2D eigenvalue weighted by Crippen LogP contribution is 2.45. The van der Waals surface area contributed by atoms with E-state index in [1.165, 1.54) is 0 Å². The third kappa shape index (κ3) is 10.4. The molecule has 0 saturated carbocycles. The minimum Gasteiger partial charge on any atom is -0.309 e. The Balaban J connectivity index is 0.925. The Kier molecular flexibility index (Phi) is 14.5. The predicted octanol–water partition coefficient (Wildman–Crippen LogP) is 22.4. The molecule has 14 aromatic carbocycles. The highest BCUT2D eigenvalue weighted by molar-refractivity contribution is 6.14. The summed E-state index contributed by atoms with van der Waals surface area (Å²) in [6.07, 6.45) is 0. The third-order valence-electron chi connectivity index (χ3n) is 18.7. The van der Waals surface area contributed by atoms with Crippen LogP contribution in [0.15, 0.2) is 328 Å². The van der Waals surface area contributed by atoms with Crippen molar-refractivity contribution in [2.45, 2.75) is 0 Å². The van der Waals surface area contributed by atoms with Crippen LogP contribution >= 0.6 is 0 Å². The SMILES string of the molecule is N#Cc1cccc(-c2cccc(-c3nc(-c4ccc(-c5ccccc5C#N)c(-n5c6ccc(-c7ccccc7)cc6c6cc(-c7ccccc7)ccc65)c4)nc(-c4ccc(-c5ccccc5C#N)c(-n5c6ccc(-c7ccccc7)cc6c6cc(-c7ccccc7)ccc65)c4)n3)c2)c1. The van der Waals surface area contributed by atoms with Crippen molar-refractivity contribution in [1.82, 2.24) is 24.1 Å². The van der Waals surface area contributed by atoms with Crippen molar-refractivity contribution in [3.05, 3.63) is 344 Å². The van der Waals surface area contributed by atoms with Gasteiger partial charge in [0.1, 0.15) is 0 Å². The summed E-state index contributed by atoms with van der Waals surface area (Å²) >= 11 is 0. The molecule has 0 atom stereocenters. The van der Waals surface area contributed by atoms with Crippen molar-refractivity contribution in [3.8, 4) is 142 Å². The van der Waals surface area contributed by atoms with Gasteiger partial charge in [0.05, 0.1) is 68.3 Å². The van der Waals surface area contributed by atoms with Crippen LogP contribution in [0.25, 0.3) is 167 Å². The Hall–Kier alpha value is -13.8. The monoisotopic (exact) mass is 1250 g/mol. The summed E-state index contributed by atoms with van der Waals surface area (Å²) < 4.78 is 4.65. The van der Waals surface area contributed by atoms with Gasteiger partial charge in [0.25, 0.3) is 0 Å². The first-order chi connectivity index (χ1) is 48.4. The third-order valence-corrected chi connectivity index (χ3v) is 18.7. The smallest absolute Gasteiger partial charge is 0.164 e. The molecule has 0 aliphatic heterocycles. The van der Waals surface area contributed by atoms with Crippen molar-refractivity contribution in [1.29, 1.82) is 15.8 Å². The molecule has 0 fully saturated rings. The van der Waals surface area contributed by atoms with Gasteiger partial charge in [-0.25, -0.2) is 15.0 Å². The maximum Gasteiger partial charge on any atom is 0.164 e. The second-order valence-corrected chi connectivity index (χ2v) is 24.4. The maximum atomic E-state index is 10.8. The van der Waals surface area contributed by atoms with Crippen molar-refractivity contribution in [2.24, 2.45) is 0 Å². The zero-order valence-electron chi connectivity index (χ0n) is 52.8. The standard InChI is InChI=1S/C90H54N8/c91-55-58-19-17-30-63(47-58)64-31-18-32-69(48-64)88-94-89(70-35-41-76(74-33-15-13-28-72(74)56-92)86(53-70)97-82-43-37-65(59-20-5-1-6-21-59)49-78(82)79-50-66(38-44-83(79)97)60-22-7-2-8-23-60)96-90(95-88)71-36-42-77(75-34-16-14-29-73(75)57-93)87(54-71)98-84-45-39-67(61-24-9-3-10-25-61)51-80(84)81-52-68(40-46-85(81)98)62-26-11-4-12-27-62/h1-54H. The van der Waals surface area contributed by atoms with E-state index in [0.29, 0.717) is 45.3 Å². The topological polar surface area (TPSA) is 120 Å². The largest absolute Gasteiger partial charge is 0.309 e. The number of fused-ring (bicyclic) bond motifs is 6. The fourth-order valence-electron chi connectivity index (χ4n) is 14.0. The van der Waals surface area contributed by atoms with Crippen molar-refractivity contribution >= 4 is 43.6 Å². The van der Waals surface area contributed by atoms with Crippen LogP contribution in [0.1, 0.15) is 16.7 Å².